The van der Waals surface area contributed by atoms with E-state index >= 15 is 0 Å². The van der Waals surface area contributed by atoms with Gasteiger partial charge in [0.1, 0.15) is 5.75 Å². The Morgan fingerprint density at radius 3 is 2.75 bits per heavy atom. The van der Waals surface area contributed by atoms with Crippen molar-refractivity contribution >= 4 is 0 Å². The monoisotopic (exact) mass is 219 g/mol. The highest BCUT2D eigenvalue weighted by atomic mass is 16.5. The lowest BCUT2D eigenvalue weighted by Gasteiger charge is -2.19. The summed E-state index contributed by atoms with van der Waals surface area (Å²) >= 11 is 0. The fourth-order valence-electron chi connectivity index (χ4n) is 3.00. The van der Waals surface area contributed by atoms with Gasteiger partial charge >= 0.3 is 0 Å². The van der Waals surface area contributed by atoms with Gasteiger partial charge in [-0.1, -0.05) is 0 Å². The van der Waals surface area contributed by atoms with E-state index in [2.05, 4.69) is 4.98 Å². The van der Waals surface area contributed by atoms with Crippen molar-refractivity contribution in [2.75, 3.05) is 7.11 Å². The molecule has 2 fully saturated rings. The van der Waals surface area contributed by atoms with E-state index in [1.165, 1.54) is 19.3 Å². The van der Waals surface area contributed by atoms with Crippen LogP contribution in [-0.4, -0.2) is 17.2 Å². The molecule has 3 rings (SSSR count). The molecule has 3 unspecified atom stereocenters. The highest BCUT2D eigenvalue weighted by Gasteiger charge is 2.47. The molecule has 16 heavy (non-hydrogen) atoms. The van der Waals surface area contributed by atoms with Crippen molar-refractivity contribution in [3.8, 4) is 5.75 Å². The first kappa shape index (κ1) is 10.1. The molecule has 0 radical (unpaired) electrons. The van der Waals surface area contributed by atoms with E-state index in [0.717, 1.165) is 23.1 Å². The molecule has 3 heteroatoms. The molecule has 1 aromatic heterocycles. The van der Waals surface area contributed by atoms with Crippen LogP contribution in [0.5, 0.6) is 5.75 Å². The average Bonchev–Trinajstić information content (AvgIpc) is 2.95. The summed E-state index contributed by atoms with van der Waals surface area (Å²) in [4.78, 5) is 4.09. The van der Waals surface area contributed by atoms with Crippen molar-refractivity contribution in [2.45, 2.75) is 25.4 Å². The maximum Gasteiger partial charge on any atom is 0.137 e. The van der Waals surface area contributed by atoms with Crippen LogP contribution in [0.4, 0.5) is 0 Å². The van der Waals surface area contributed by atoms with E-state index in [1.54, 1.807) is 19.5 Å². The van der Waals surface area contributed by atoms with Crippen molar-refractivity contribution in [1.29, 1.82) is 0 Å². The second-order valence-corrected chi connectivity index (χ2v) is 5.09. The first-order valence-electron chi connectivity index (χ1n) is 5.95. The van der Waals surface area contributed by atoms with Gasteiger partial charge in [0, 0.05) is 11.8 Å². The molecule has 86 valence electrons. The summed E-state index contributed by atoms with van der Waals surface area (Å²) in [6.07, 6.45) is 6.81. The van der Waals surface area contributed by atoms with Crippen molar-refractivity contribution in [3.05, 3.63) is 24.0 Å². The molecule has 2 saturated carbocycles. The second kappa shape index (κ2) is 3.74. The lowest BCUT2D eigenvalue weighted by Crippen LogP contribution is -2.11. The molecule has 0 saturated heterocycles. The van der Waals surface area contributed by atoms with Crippen LogP contribution in [0.3, 0.4) is 0 Å². The minimum atomic E-state index is -0.365. The lowest BCUT2D eigenvalue weighted by molar-refractivity contribution is 0.104. The molecule has 0 spiro atoms. The van der Waals surface area contributed by atoms with Gasteiger partial charge in [0.15, 0.2) is 0 Å². The van der Waals surface area contributed by atoms with Gasteiger partial charge in [0.05, 0.1) is 19.4 Å². The van der Waals surface area contributed by atoms with Crippen molar-refractivity contribution in [1.82, 2.24) is 4.98 Å². The third-order valence-corrected chi connectivity index (χ3v) is 4.04. The Morgan fingerprint density at radius 1 is 1.31 bits per heavy atom. The number of nitrogens with zero attached hydrogens (tertiary/aromatic N) is 1. The Labute approximate surface area is 95.5 Å². The Bertz CT molecular complexity index is 383. The predicted molar refractivity (Wildman–Crippen MR) is 60.1 cm³/mol. The predicted octanol–water partition coefficient (Wildman–Crippen LogP) is 2.17. The van der Waals surface area contributed by atoms with E-state index in [0.29, 0.717) is 5.92 Å². The van der Waals surface area contributed by atoms with E-state index in [9.17, 15) is 5.11 Å². The fourth-order valence-corrected chi connectivity index (χ4v) is 3.00. The Kier molecular flexibility index (Phi) is 2.36. The summed E-state index contributed by atoms with van der Waals surface area (Å²) in [5.74, 6) is 2.95. The molecule has 2 aliphatic carbocycles. The Balaban J connectivity index is 1.75. The van der Waals surface area contributed by atoms with Gasteiger partial charge in [-0.05, 0) is 43.1 Å². The number of hydrogen-bond acceptors (Lipinski definition) is 3. The van der Waals surface area contributed by atoms with Crippen LogP contribution in [0, 0.1) is 17.8 Å². The second-order valence-electron chi connectivity index (χ2n) is 5.09. The van der Waals surface area contributed by atoms with Gasteiger partial charge in [-0.3, -0.25) is 4.98 Å². The first-order valence-corrected chi connectivity index (χ1v) is 5.95. The van der Waals surface area contributed by atoms with Gasteiger partial charge in [0.25, 0.3) is 0 Å². The molecule has 1 aromatic rings. The van der Waals surface area contributed by atoms with Gasteiger partial charge in [0.2, 0.25) is 0 Å². The van der Waals surface area contributed by atoms with Gasteiger partial charge < -0.3 is 9.84 Å². The summed E-state index contributed by atoms with van der Waals surface area (Å²) in [5, 5.41) is 10.3. The number of pyridine rings is 1. The molecule has 3 nitrogen and oxygen atoms in total. The zero-order valence-corrected chi connectivity index (χ0v) is 9.47. The summed E-state index contributed by atoms with van der Waals surface area (Å²) in [5.41, 5.74) is 0.894. The van der Waals surface area contributed by atoms with Crippen molar-refractivity contribution in [2.24, 2.45) is 17.8 Å². The molecule has 1 N–H and O–H groups in total. The van der Waals surface area contributed by atoms with Crippen LogP contribution in [0.1, 0.15) is 30.9 Å². The topological polar surface area (TPSA) is 42.4 Å². The molecule has 0 aliphatic heterocycles. The number of methoxy groups -OCH3 is 1. The smallest absolute Gasteiger partial charge is 0.137 e. The Morgan fingerprint density at radius 2 is 2.06 bits per heavy atom. The minimum Gasteiger partial charge on any atom is -0.495 e. The fraction of sp³-hybridized carbons (Fsp3) is 0.615. The highest BCUT2D eigenvalue weighted by molar-refractivity contribution is 5.25. The number of ether oxygens (including phenoxy) is 1. The van der Waals surface area contributed by atoms with Crippen LogP contribution < -0.4 is 4.74 Å². The lowest BCUT2D eigenvalue weighted by atomic mass is 9.92. The molecule has 0 amide bonds. The van der Waals surface area contributed by atoms with Crippen molar-refractivity contribution < 1.29 is 9.84 Å². The quantitative estimate of drug-likeness (QED) is 0.847. The van der Waals surface area contributed by atoms with E-state index in [4.69, 9.17) is 4.74 Å². The Hall–Kier alpha value is -1.09. The molecule has 1 heterocycles. The number of fused-ring (bicyclic) bond motifs is 1. The number of aliphatic hydroxyl groups excluding tert-OH is 1. The summed E-state index contributed by atoms with van der Waals surface area (Å²) < 4.78 is 5.12. The van der Waals surface area contributed by atoms with E-state index in [-0.39, 0.29) is 6.10 Å². The molecule has 3 atom stereocenters. The number of aliphatic hydroxyl groups is 1. The molecule has 0 bridgehead atoms. The third-order valence-electron chi connectivity index (χ3n) is 4.04. The molecular weight excluding hydrogens is 202 g/mol. The van der Waals surface area contributed by atoms with Crippen LogP contribution in [0.2, 0.25) is 0 Å². The maximum absolute atomic E-state index is 10.3. The van der Waals surface area contributed by atoms with E-state index < -0.39 is 0 Å². The van der Waals surface area contributed by atoms with E-state index in [1.807, 2.05) is 6.07 Å². The van der Waals surface area contributed by atoms with Crippen LogP contribution in [0.15, 0.2) is 18.5 Å². The number of aromatic nitrogens is 1. The first-order chi connectivity index (χ1) is 7.78. The number of rotatable bonds is 3. The third kappa shape index (κ3) is 1.69. The van der Waals surface area contributed by atoms with Crippen molar-refractivity contribution in [3.63, 3.8) is 0 Å². The minimum absolute atomic E-state index is 0.365. The summed E-state index contributed by atoms with van der Waals surface area (Å²) in [6, 6.07) is 1.89. The molecular formula is C13H17NO2. The zero-order valence-electron chi connectivity index (χ0n) is 9.47. The SMILES string of the molecule is COc1cncc(C(O)C2CC3CC3C2)c1. The van der Waals surface area contributed by atoms with Gasteiger partial charge in [-0.15, -0.1) is 0 Å². The number of hydrogen-bond donors (Lipinski definition) is 1. The molecule has 2 aliphatic rings. The normalized spacial score (nSPS) is 33.2. The van der Waals surface area contributed by atoms with Gasteiger partial charge in [-0.2, -0.15) is 0 Å². The molecule has 0 aromatic carbocycles. The standard InChI is InChI=1S/C13H17NO2/c1-16-12-5-11(6-14-7-12)13(15)10-3-8-2-9(8)4-10/h5-10,13,15H,2-4H2,1H3. The largest absolute Gasteiger partial charge is 0.495 e. The summed E-state index contributed by atoms with van der Waals surface area (Å²) in [7, 11) is 1.62. The van der Waals surface area contributed by atoms with Crippen LogP contribution >= 0.6 is 0 Å². The van der Waals surface area contributed by atoms with Crippen LogP contribution in [0.25, 0.3) is 0 Å². The zero-order chi connectivity index (χ0) is 11.1. The summed E-state index contributed by atoms with van der Waals surface area (Å²) in [6.45, 7) is 0. The maximum atomic E-state index is 10.3. The van der Waals surface area contributed by atoms with Gasteiger partial charge in [-0.25, -0.2) is 0 Å². The van der Waals surface area contributed by atoms with Crippen LogP contribution in [-0.2, 0) is 0 Å². The highest BCUT2D eigenvalue weighted by Crippen LogP contribution is 2.57. The average molecular weight is 219 g/mol.